The van der Waals surface area contributed by atoms with E-state index in [2.05, 4.69) is 16.0 Å². The molecule has 0 aromatic carbocycles. The lowest BCUT2D eigenvalue weighted by molar-refractivity contribution is -0.106. The molecule has 1 unspecified atom stereocenters. The summed E-state index contributed by atoms with van der Waals surface area (Å²) >= 11 is 0. The number of aromatic nitrogens is 2. The van der Waals surface area contributed by atoms with Gasteiger partial charge in [0.25, 0.3) is 0 Å². The number of nitriles is 1. The Bertz CT molecular complexity index is 1190. The first-order chi connectivity index (χ1) is 16.5. The number of ether oxygens (including phenoxy) is 2. The average Bonchev–Trinajstić information content (AvgIpc) is 2.77. The zero-order valence-corrected chi connectivity index (χ0v) is 19.5. The lowest BCUT2D eigenvalue weighted by atomic mass is 9.99. The van der Waals surface area contributed by atoms with Gasteiger partial charge in [0.1, 0.15) is 17.2 Å². The van der Waals surface area contributed by atoms with Gasteiger partial charge in [-0.05, 0) is 31.5 Å². The molecule has 0 saturated carbocycles. The van der Waals surface area contributed by atoms with Crippen LogP contribution in [0.25, 0.3) is 11.3 Å². The standard InChI is InChI=1S/C21H23F4N5O4S/c1-33-20-17(29-35(31,32)13-21(23,24)25)9-15(10-27-20)19-16(22)4-5-18(28-19)34-12-14-3-2-7-30(11-14)8-6-26/h4-5,9-10,14,29H,2-3,7-8,11-13H2,1H3. The number of likely N-dealkylation sites (tertiary alicyclic amines) is 1. The fourth-order valence-corrected chi connectivity index (χ4v) is 4.66. The summed E-state index contributed by atoms with van der Waals surface area (Å²) in [6.45, 7) is 2.15. The molecule has 3 heterocycles. The number of hydrogen-bond donors (Lipinski definition) is 1. The van der Waals surface area contributed by atoms with Gasteiger partial charge in [0.2, 0.25) is 21.8 Å². The van der Waals surface area contributed by atoms with Gasteiger partial charge in [-0.2, -0.15) is 18.4 Å². The van der Waals surface area contributed by atoms with Crippen LogP contribution in [0.3, 0.4) is 0 Å². The fourth-order valence-electron chi connectivity index (χ4n) is 3.68. The topological polar surface area (TPSA) is 117 Å². The summed E-state index contributed by atoms with van der Waals surface area (Å²) in [4.78, 5) is 10.0. The van der Waals surface area contributed by atoms with Gasteiger partial charge in [-0.15, -0.1) is 0 Å². The Hall–Kier alpha value is -3.18. The van der Waals surface area contributed by atoms with Gasteiger partial charge in [0.05, 0.1) is 26.3 Å². The molecule has 0 spiro atoms. The van der Waals surface area contributed by atoms with Crippen LogP contribution >= 0.6 is 0 Å². The van der Waals surface area contributed by atoms with E-state index >= 15 is 0 Å². The molecule has 35 heavy (non-hydrogen) atoms. The van der Waals surface area contributed by atoms with E-state index in [4.69, 9.17) is 14.7 Å². The highest BCUT2D eigenvalue weighted by Gasteiger charge is 2.35. The number of sulfonamides is 1. The Morgan fingerprint density at radius 3 is 2.80 bits per heavy atom. The molecular formula is C21H23F4N5O4S. The number of anilines is 1. The Morgan fingerprint density at radius 2 is 2.11 bits per heavy atom. The Labute approximate surface area is 199 Å². The minimum Gasteiger partial charge on any atom is -0.480 e. The minimum atomic E-state index is -4.96. The first kappa shape index (κ1) is 26.4. The van der Waals surface area contributed by atoms with Crippen LogP contribution in [-0.2, 0) is 10.0 Å². The normalized spacial score (nSPS) is 17.0. The SMILES string of the molecule is COc1ncc(-c2nc(OCC3CCCN(CC#N)C3)ccc2F)cc1NS(=O)(=O)CC(F)(F)F. The predicted octanol–water partition coefficient (Wildman–Crippen LogP) is 3.21. The number of rotatable bonds is 9. The van der Waals surface area contributed by atoms with Crippen molar-refractivity contribution in [3.05, 3.63) is 30.2 Å². The van der Waals surface area contributed by atoms with Crippen LogP contribution < -0.4 is 14.2 Å². The summed E-state index contributed by atoms with van der Waals surface area (Å²) in [6.07, 6.45) is -1.99. The summed E-state index contributed by atoms with van der Waals surface area (Å²) in [6, 6.07) is 5.64. The maximum absolute atomic E-state index is 14.6. The molecular weight excluding hydrogens is 494 g/mol. The van der Waals surface area contributed by atoms with Gasteiger partial charge in [-0.1, -0.05) is 0 Å². The molecule has 1 N–H and O–H groups in total. The molecule has 1 saturated heterocycles. The Balaban J connectivity index is 1.80. The Kier molecular flexibility index (Phi) is 8.34. The third-order valence-corrected chi connectivity index (χ3v) is 6.36. The van der Waals surface area contributed by atoms with E-state index in [1.807, 2.05) is 4.90 Å². The van der Waals surface area contributed by atoms with Crippen molar-refractivity contribution in [2.45, 2.75) is 19.0 Å². The van der Waals surface area contributed by atoms with Crippen molar-refractivity contribution in [2.75, 3.05) is 43.8 Å². The van der Waals surface area contributed by atoms with Crippen LogP contribution in [-0.4, -0.2) is 68.6 Å². The van der Waals surface area contributed by atoms with Gasteiger partial charge < -0.3 is 9.47 Å². The van der Waals surface area contributed by atoms with Crippen LogP contribution in [0.5, 0.6) is 11.8 Å². The van der Waals surface area contributed by atoms with Crippen LogP contribution in [0.15, 0.2) is 24.4 Å². The number of nitrogens with one attached hydrogen (secondary N) is 1. The van der Waals surface area contributed by atoms with E-state index in [0.29, 0.717) is 19.7 Å². The zero-order chi connectivity index (χ0) is 25.6. The van der Waals surface area contributed by atoms with Gasteiger partial charge >= 0.3 is 6.18 Å². The van der Waals surface area contributed by atoms with E-state index in [-0.39, 0.29) is 28.9 Å². The molecule has 2 aromatic heterocycles. The Morgan fingerprint density at radius 1 is 1.34 bits per heavy atom. The first-order valence-electron chi connectivity index (χ1n) is 10.5. The molecule has 1 aliphatic rings. The number of pyridine rings is 2. The summed E-state index contributed by atoms with van der Waals surface area (Å²) in [5.41, 5.74) is -0.637. The van der Waals surface area contributed by atoms with Crippen LogP contribution in [0.4, 0.5) is 23.2 Å². The lowest BCUT2D eigenvalue weighted by Gasteiger charge is -2.30. The summed E-state index contributed by atoms with van der Waals surface area (Å²) < 4.78 is 88.6. The third kappa shape index (κ3) is 7.66. The van der Waals surface area contributed by atoms with Crippen molar-refractivity contribution >= 4 is 15.7 Å². The number of methoxy groups -OCH3 is 1. The van der Waals surface area contributed by atoms with Crippen molar-refractivity contribution in [3.8, 4) is 29.1 Å². The second-order valence-electron chi connectivity index (χ2n) is 7.95. The second-order valence-corrected chi connectivity index (χ2v) is 9.67. The molecule has 3 rings (SSSR count). The number of nitrogens with zero attached hydrogens (tertiary/aromatic N) is 4. The van der Waals surface area contributed by atoms with Gasteiger partial charge in [-0.3, -0.25) is 9.62 Å². The molecule has 1 atom stereocenters. The maximum Gasteiger partial charge on any atom is 0.404 e. The van der Waals surface area contributed by atoms with Crippen LogP contribution in [0, 0.1) is 23.1 Å². The summed E-state index contributed by atoms with van der Waals surface area (Å²) in [5.74, 6) is -2.92. The van der Waals surface area contributed by atoms with Crippen molar-refractivity contribution in [1.82, 2.24) is 14.9 Å². The molecule has 1 fully saturated rings. The van der Waals surface area contributed by atoms with Gasteiger partial charge in [-0.25, -0.2) is 22.8 Å². The highest BCUT2D eigenvalue weighted by molar-refractivity contribution is 7.92. The zero-order valence-electron chi connectivity index (χ0n) is 18.7. The molecule has 0 aliphatic carbocycles. The smallest absolute Gasteiger partial charge is 0.404 e. The monoisotopic (exact) mass is 517 g/mol. The van der Waals surface area contributed by atoms with Crippen LogP contribution in [0.2, 0.25) is 0 Å². The van der Waals surface area contributed by atoms with E-state index in [1.165, 1.54) is 6.07 Å². The molecule has 0 amide bonds. The molecule has 1 aliphatic heterocycles. The molecule has 2 aromatic rings. The molecule has 14 heteroatoms. The second kappa shape index (κ2) is 11.0. The van der Waals surface area contributed by atoms with Gasteiger partial charge in [0, 0.05) is 30.3 Å². The molecule has 9 nitrogen and oxygen atoms in total. The van der Waals surface area contributed by atoms with Crippen molar-refractivity contribution in [3.63, 3.8) is 0 Å². The van der Waals surface area contributed by atoms with E-state index in [0.717, 1.165) is 44.8 Å². The summed E-state index contributed by atoms with van der Waals surface area (Å²) in [5, 5.41) is 8.87. The number of hydrogen-bond acceptors (Lipinski definition) is 8. The maximum atomic E-state index is 14.6. The van der Waals surface area contributed by atoms with Gasteiger partial charge in [0.15, 0.2) is 5.75 Å². The van der Waals surface area contributed by atoms with E-state index in [1.54, 1.807) is 4.72 Å². The highest BCUT2D eigenvalue weighted by atomic mass is 32.2. The van der Waals surface area contributed by atoms with Crippen molar-refractivity contribution in [2.24, 2.45) is 5.92 Å². The predicted molar refractivity (Wildman–Crippen MR) is 118 cm³/mol. The van der Waals surface area contributed by atoms with E-state index in [9.17, 15) is 26.0 Å². The van der Waals surface area contributed by atoms with Crippen LogP contribution in [0.1, 0.15) is 12.8 Å². The lowest BCUT2D eigenvalue weighted by Crippen LogP contribution is -2.37. The van der Waals surface area contributed by atoms with E-state index < -0.39 is 33.5 Å². The highest BCUT2D eigenvalue weighted by Crippen LogP contribution is 2.31. The quantitative estimate of drug-likeness (QED) is 0.398. The summed E-state index contributed by atoms with van der Waals surface area (Å²) in [7, 11) is -3.68. The number of halogens is 4. The van der Waals surface area contributed by atoms with Crippen molar-refractivity contribution in [1.29, 1.82) is 5.26 Å². The molecule has 0 bridgehead atoms. The molecule has 190 valence electrons. The average molecular weight is 518 g/mol. The number of piperidine rings is 1. The minimum absolute atomic E-state index is 0.00341. The number of alkyl halides is 3. The largest absolute Gasteiger partial charge is 0.480 e. The third-order valence-electron chi connectivity index (χ3n) is 5.12. The molecule has 0 radical (unpaired) electrons. The van der Waals surface area contributed by atoms with Crippen molar-refractivity contribution < 1.29 is 35.5 Å². The fraction of sp³-hybridized carbons (Fsp3) is 0.476. The first-order valence-corrected chi connectivity index (χ1v) is 12.1.